The minimum Gasteiger partial charge on any atom is -0.325 e. The summed E-state index contributed by atoms with van der Waals surface area (Å²) < 4.78 is 0. The van der Waals surface area contributed by atoms with Crippen LogP contribution in [-0.2, 0) is 10.5 Å². The molecule has 1 N–H and O–H groups in total. The fraction of sp³-hybridized carbons (Fsp3) is 0.188. The van der Waals surface area contributed by atoms with Crippen molar-refractivity contribution in [3.8, 4) is 0 Å². The van der Waals surface area contributed by atoms with E-state index in [0.717, 1.165) is 27.6 Å². The lowest BCUT2D eigenvalue weighted by Gasteiger charge is -2.08. The van der Waals surface area contributed by atoms with Gasteiger partial charge in [-0.05, 0) is 42.3 Å². The Morgan fingerprint density at radius 3 is 2.48 bits per heavy atom. The second-order valence-electron chi connectivity index (χ2n) is 4.63. The third kappa shape index (κ3) is 5.27. The number of hydrogen-bond donors (Lipinski definition) is 1. The van der Waals surface area contributed by atoms with Crippen LogP contribution in [0.1, 0.15) is 11.1 Å². The Morgan fingerprint density at radius 2 is 1.76 bits per heavy atom. The maximum absolute atomic E-state index is 11.9. The maximum Gasteiger partial charge on any atom is 0.234 e. The van der Waals surface area contributed by atoms with Gasteiger partial charge >= 0.3 is 0 Å². The van der Waals surface area contributed by atoms with E-state index in [2.05, 4.69) is 5.32 Å². The third-order valence-corrected chi connectivity index (χ3v) is 4.38. The Bertz CT molecular complexity index is 629. The normalized spacial score (nSPS) is 10.4. The lowest BCUT2D eigenvalue weighted by atomic mass is 10.2. The molecule has 0 aliphatic carbocycles. The van der Waals surface area contributed by atoms with Crippen LogP contribution in [0.3, 0.4) is 0 Å². The first-order chi connectivity index (χ1) is 10.0. The van der Waals surface area contributed by atoms with Crippen LogP contribution in [0, 0.1) is 6.92 Å². The largest absolute Gasteiger partial charge is 0.325 e. The van der Waals surface area contributed by atoms with Crippen molar-refractivity contribution in [1.29, 1.82) is 0 Å². The van der Waals surface area contributed by atoms with E-state index in [1.54, 1.807) is 17.8 Å². The minimum atomic E-state index is -0.0284. The molecule has 0 unspecified atom stereocenters. The number of amides is 1. The van der Waals surface area contributed by atoms with Crippen molar-refractivity contribution in [2.75, 3.05) is 11.1 Å². The van der Waals surface area contributed by atoms with Gasteiger partial charge in [0.05, 0.1) is 5.75 Å². The molecule has 0 saturated heterocycles. The van der Waals surface area contributed by atoms with Crippen molar-refractivity contribution in [3.63, 3.8) is 0 Å². The van der Waals surface area contributed by atoms with Crippen molar-refractivity contribution < 1.29 is 4.79 Å². The van der Waals surface area contributed by atoms with Crippen molar-refractivity contribution in [3.05, 3.63) is 63.6 Å². The third-order valence-electron chi connectivity index (χ3n) is 2.89. The van der Waals surface area contributed by atoms with Crippen LogP contribution in [0.15, 0.2) is 42.5 Å². The average molecular weight is 340 g/mol. The fourth-order valence-corrected chi connectivity index (χ4v) is 2.84. The number of benzene rings is 2. The predicted octanol–water partition coefficient (Wildman–Crippen LogP) is 5.17. The average Bonchev–Trinajstić information content (AvgIpc) is 2.45. The van der Waals surface area contributed by atoms with Gasteiger partial charge in [-0.3, -0.25) is 4.79 Å². The highest BCUT2D eigenvalue weighted by atomic mass is 35.5. The second kappa shape index (κ2) is 7.74. The number of carbonyl (C=O) groups excluding carboxylic acids is 1. The molecule has 0 bridgehead atoms. The molecule has 5 heteroatoms. The zero-order chi connectivity index (χ0) is 15.2. The first-order valence-electron chi connectivity index (χ1n) is 6.43. The molecule has 110 valence electrons. The Balaban J connectivity index is 1.82. The zero-order valence-corrected chi connectivity index (χ0v) is 13.9. The van der Waals surface area contributed by atoms with Crippen LogP contribution in [-0.4, -0.2) is 11.7 Å². The Hall–Kier alpha value is -1.16. The summed E-state index contributed by atoms with van der Waals surface area (Å²) in [7, 11) is 0. The molecule has 0 atom stereocenters. The van der Waals surface area contributed by atoms with Gasteiger partial charge in [0.25, 0.3) is 0 Å². The summed E-state index contributed by atoms with van der Waals surface area (Å²) in [4.78, 5) is 11.9. The van der Waals surface area contributed by atoms with Gasteiger partial charge in [0.15, 0.2) is 0 Å². The van der Waals surface area contributed by atoms with Crippen LogP contribution in [0.25, 0.3) is 0 Å². The minimum absolute atomic E-state index is 0.0284. The number of anilines is 1. The van der Waals surface area contributed by atoms with Gasteiger partial charge < -0.3 is 5.32 Å². The SMILES string of the molecule is Cc1ccc(Cl)cc1NC(=O)CSCc1ccc(Cl)cc1. The quantitative estimate of drug-likeness (QED) is 0.813. The summed E-state index contributed by atoms with van der Waals surface area (Å²) in [6.45, 7) is 1.94. The summed E-state index contributed by atoms with van der Waals surface area (Å²) in [5.41, 5.74) is 2.91. The lowest BCUT2D eigenvalue weighted by Crippen LogP contribution is -2.15. The van der Waals surface area contributed by atoms with E-state index in [1.165, 1.54) is 0 Å². The Kier molecular flexibility index (Phi) is 5.97. The first kappa shape index (κ1) is 16.2. The standard InChI is InChI=1S/C16H15Cl2NOS/c1-11-2-5-14(18)8-15(11)19-16(20)10-21-9-12-3-6-13(17)7-4-12/h2-8H,9-10H2,1H3,(H,19,20). The van der Waals surface area contributed by atoms with Gasteiger partial charge in [0.1, 0.15) is 0 Å². The number of thioether (sulfide) groups is 1. The van der Waals surface area contributed by atoms with Gasteiger partial charge in [0.2, 0.25) is 5.91 Å². The smallest absolute Gasteiger partial charge is 0.234 e. The van der Waals surface area contributed by atoms with Crippen molar-refractivity contribution in [2.24, 2.45) is 0 Å². The van der Waals surface area contributed by atoms with E-state index in [-0.39, 0.29) is 5.91 Å². The molecule has 0 aliphatic heterocycles. The molecule has 0 aromatic heterocycles. The molecule has 0 fully saturated rings. The molecule has 2 aromatic carbocycles. The van der Waals surface area contributed by atoms with Crippen LogP contribution in [0.4, 0.5) is 5.69 Å². The van der Waals surface area contributed by atoms with Gasteiger partial charge in [-0.2, -0.15) is 0 Å². The maximum atomic E-state index is 11.9. The molecule has 0 heterocycles. The Morgan fingerprint density at radius 1 is 1.10 bits per heavy atom. The van der Waals surface area contributed by atoms with Crippen molar-refractivity contribution in [2.45, 2.75) is 12.7 Å². The molecule has 2 aromatic rings. The van der Waals surface area contributed by atoms with Crippen LogP contribution in [0.5, 0.6) is 0 Å². The summed E-state index contributed by atoms with van der Waals surface area (Å²) >= 11 is 13.3. The summed E-state index contributed by atoms with van der Waals surface area (Å²) in [5, 5.41) is 4.22. The monoisotopic (exact) mass is 339 g/mol. The van der Waals surface area contributed by atoms with Gasteiger partial charge in [-0.25, -0.2) is 0 Å². The first-order valence-corrected chi connectivity index (χ1v) is 8.34. The molecule has 1 amide bonds. The molecular formula is C16H15Cl2NOS. The molecule has 0 aliphatic rings. The lowest BCUT2D eigenvalue weighted by molar-refractivity contribution is -0.113. The van der Waals surface area contributed by atoms with E-state index < -0.39 is 0 Å². The molecule has 0 spiro atoms. The number of nitrogens with one attached hydrogen (secondary N) is 1. The number of halogens is 2. The summed E-state index contributed by atoms with van der Waals surface area (Å²) in [6.07, 6.45) is 0. The number of rotatable bonds is 5. The summed E-state index contributed by atoms with van der Waals surface area (Å²) in [6, 6.07) is 13.1. The van der Waals surface area contributed by atoms with Gasteiger partial charge in [0, 0.05) is 21.5 Å². The number of hydrogen-bond acceptors (Lipinski definition) is 2. The van der Waals surface area contributed by atoms with Gasteiger partial charge in [-0.1, -0.05) is 41.4 Å². The van der Waals surface area contributed by atoms with Crippen LogP contribution >= 0.6 is 35.0 Å². The van der Waals surface area contributed by atoms with E-state index in [0.29, 0.717) is 10.8 Å². The van der Waals surface area contributed by atoms with E-state index in [9.17, 15) is 4.79 Å². The van der Waals surface area contributed by atoms with E-state index in [1.807, 2.05) is 43.3 Å². The highest BCUT2D eigenvalue weighted by Crippen LogP contribution is 2.21. The zero-order valence-electron chi connectivity index (χ0n) is 11.5. The molecule has 0 radical (unpaired) electrons. The highest BCUT2D eigenvalue weighted by molar-refractivity contribution is 7.99. The molecule has 21 heavy (non-hydrogen) atoms. The van der Waals surface area contributed by atoms with Crippen molar-refractivity contribution in [1.82, 2.24) is 0 Å². The molecule has 0 saturated carbocycles. The van der Waals surface area contributed by atoms with Gasteiger partial charge in [-0.15, -0.1) is 11.8 Å². The molecule has 2 nitrogen and oxygen atoms in total. The Labute approximate surface area is 138 Å². The number of aryl methyl sites for hydroxylation is 1. The van der Waals surface area contributed by atoms with Crippen molar-refractivity contribution >= 4 is 46.6 Å². The van der Waals surface area contributed by atoms with E-state index >= 15 is 0 Å². The molecular weight excluding hydrogens is 325 g/mol. The molecule has 2 rings (SSSR count). The van der Waals surface area contributed by atoms with E-state index in [4.69, 9.17) is 23.2 Å². The second-order valence-corrected chi connectivity index (χ2v) is 6.49. The summed E-state index contributed by atoms with van der Waals surface area (Å²) in [5.74, 6) is 1.15. The predicted molar refractivity (Wildman–Crippen MR) is 92.4 cm³/mol. The van der Waals surface area contributed by atoms with Crippen LogP contribution < -0.4 is 5.32 Å². The fourth-order valence-electron chi connectivity index (χ4n) is 1.76. The van der Waals surface area contributed by atoms with Crippen LogP contribution in [0.2, 0.25) is 10.0 Å². The number of carbonyl (C=O) groups is 1. The topological polar surface area (TPSA) is 29.1 Å². The highest BCUT2D eigenvalue weighted by Gasteiger charge is 2.06.